The predicted molar refractivity (Wildman–Crippen MR) is 252 cm³/mol. The molecule has 0 spiro atoms. The summed E-state index contributed by atoms with van der Waals surface area (Å²) < 4.78 is 162. The summed E-state index contributed by atoms with van der Waals surface area (Å²) in [5.74, 6) is -5.75. The molecule has 0 aliphatic heterocycles. The summed E-state index contributed by atoms with van der Waals surface area (Å²) in [7, 11) is 9.75. The Balaban J connectivity index is 0.000000238. The van der Waals surface area contributed by atoms with Gasteiger partial charge in [0.25, 0.3) is 0 Å². The minimum atomic E-state index is -4.64. The van der Waals surface area contributed by atoms with E-state index in [0.717, 1.165) is 64.1 Å². The van der Waals surface area contributed by atoms with E-state index in [0.29, 0.717) is 23.0 Å². The molecule has 9 aromatic rings. The first kappa shape index (κ1) is 62.0. The molecule has 0 amide bonds. The number of nitrogens with zero attached hydrogens (tertiary/aromatic N) is 11. The molecule has 0 fully saturated rings. The Morgan fingerprint density at radius 3 is 1.59 bits per heavy atom. The van der Waals surface area contributed by atoms with Crippen LogP contribution in [0.4, 0.5) is 52.7 Å². The number of rotatable bonds is 8. The summed E-state index contributed by atoms with van der Waals surface area (Å²) in [5.41, 5.74) is -3.38. The van der Waals surface area contributed by atoms with Crippen LogP contribution >= 0.6 is 18.8 Å². The second-order valence-electron chi connectivity index (χ2n) is 16.7. The second-order valence-corrected chi connectivity index (χ2v) is 20.0. The smallest absolute Gasteiger partial charge is 2.00 e. The van der Waals surface area contributed by atoms with E-state index >= 15 is 0 Å². The van der Waals surface area contributed by atoms with Gasteiger partial charge in [0.15, 0.2) is 11.5 Å². The van der Waals surface area contributed by atoms with E-state index in [1.54, 1.807) is 64.1 Å². The molecule has 8 heterocycles. The van der Waals surface area contributed by atoms with Crippen LogP contribution in [0.3, 0.4) is 0 Å². The third-order valence-electron chi connectivity index (χ3n) is 10.8. The van der Waals surface area contributed by atoms with Gasteiger partial charge < -0.3 is 4.68 Å². The summed E-state index contributed by atoms with van der Waals surface area (Å²) in [6.07, 6.45) is -5.75. The van der Waals surface area contributed by atoms with E-state index in [4.69, 9.17) is 24.1 Å². The fraction of sp³-hybridized carbons (Fsp3) is 0.157. The van der Waals surface area contributed by atoms with Crippen LogP contribution in [0.15, 0.2) is 128 Å². The Kier molecular flexibility index (Phi) is 20.8. The van der Waals surface area contributed by atoms with E-state index in [1.807, 2.05) is 24.3 Å². The number of aromatic nitrogens is 10. The number of pyridine rings is 6. The molecule has 8 aromatic heterocycles. The first-order valence-electron chi connectivity index (χ1n) is 21.6. The molecule has 0 atom stereocenters. The minimum Gasteiger partial charge on any atom is 2.00 e. The van der Waals surface area contributed by atoms with Crippen LogP contribution in [0.1, 0.15) is 67.4 Å². The molecule has 9 rings (SSSR count). The van der Waals surface area contributed by atoms with Crippen molar-refractivity contribution < 1.29 is 90.2 Å². The van der Waals surface area contributed by atoms with Crippen molar-refractivity contribution >= 4 is 18.8 Å². The Morgan fingerprint density at radius 2 is 1.08 bits per heavy atom. The summed E-state index contributed by atoms with van der Waals surface area (Å²) >= 11 is -0.472. The molecule has 0 N–H and O–H groups in total. The summed E-state index contributed by atoms with van der Waals surface area (Å²) in [4.78, 5) is 23.5. The zero-order chi connectivity index (χ0) is 56.5. The van der Waals surface area contributed by atoms with Crippen LogP contribution in [0.2, 0.25) is 0 Å². The molecule has 0 unspecified atom stereocenters. The number of nitriles is 1. The average molecular weight is 1490 g/mol. The van der Waals surface area contributed by atoms with Crippen LogP contribution in [0, 0.1) is 59.0 Å². The van der Waals surface area contributed by atoms with Crippen molar-refractivity contribution in [2.75, 3.05) is 0 Å². The fourth-order valence-electron chi connectivity index (χ4n) is 6.77. The van der Waals surface area contributed by atoms with E-state index in [2.05, 4.69) is 52.4 Å². The number of hydrogen-bond acceptors (Lipinski definition) is 9. The SMILES string of the molecule is CC(C)(c1cc(F)cc(-c2[c-]cc(F)nc2F)n1)c1cccc(-n2[c-]cc(C(F)(F)F)n2)n1.CC(C)(c1cc(F)cc(-c2ccc(F)nc2F)n1)c1cccc(-n2ccc(C(F)(F)F)n2)n1.N#Cc1ccccc1.[Cl][Pt][Cl].[Pt+2]. The largest absolute Gasteiger partial charge is 2.00 e. The third kappa shape index (κ3) is 15.7. The van der Waals surface area contributed by atoms with E-state index in [1.165, 1.54) is 12.1 Å². The van der Waals surface area contributed by atoms with Gasteiger partial charge >= 0.3 is 68.7 Å². The third-order valence-corrected chi connectivity index (χ3v) is 10.8. The summed E-state index contributed by atoms with van der Waals surface area (Å²) in [6.45, 7) is 6.66. The van der Waals surface area contributed by atoms with Gasteiger partial charge in [0.05, 0.1) is 45.8 Å². The van der Waals surface area contributed by atoms with Crippen LogP contribution in [0.25, 0.3) is 34.2 Å². The maximum Gasteiger partial charge on any atom is 2.00 e. The maximum absolute atomic E-state index is 14.4. The molecule has 0 bridgehead atoms. The quantitative estimate of drug-likeness (QED) is 0.0827. The Morgan fingerprint density at radius 1 is 0.538 bits per heavy atom. The number of alkyl halides is 6. The number of halogens is 14. The molecule has 0 saturated carbocycles. The topological polar surface area (TPSA) is 137 Å². The number of benzene rings is 1. The molecule has 0 radical (unpaired) electrons. The van der Waals surface area contributed by atoms with Gasteiger partial charge in [0, 0.05) is 34.5 Å². The summed E-state index contributed by atoms with van der Waals surface area (Å²) in [6, 6.07) is 31.3. The van der Waals surface area contributed by atoms with Crippen molar-refractivity contribution in [2.45, 2.75) is 50.9 Å². The Labute approximate surface area is 467 Å². The first-order valence-corrected chi connectivity index (χ1v) is 27.2. The first-order chi connectivity index (χ1) is 36.2. The zero-order valence-corrected chi connectivity index (χ0v) is 46.0. The van der Waals surface area contributed by atoms with Gasteiger partial charge in [0.1, 0.15) is 23.5 Å². The van der Waals surface area contributed by atoms with Crippen LogP contribution in [-0.2, 0) is 60.7 Å². The molecule has 0 aliphatic carbocycles. The Hall–Kier alpha value is -6.85. The standard InChI is InChI=1S/C22H15F6N5.C22H13F6N5.C7H5N.2ClH.2Pt/c2*1-21(2,15-4-3-5-19(30-15)33-9-8-16(32-33)22(26,27)28)17-11-12(23)10-14(29-17)13-6-7-18(24)31-20(13)25;8-6-7-4-2-1-3-5-7;;;;/h3-11H,1-2H3;3-5,7-8,10-11H,1-2H3;1-5H;2*1H;;/q;-2;;;;2*+2/p-2. The van der Waals surface area contributed by atoms with Crippen molar-refractivity contribution in [1.29, 1.82) is 5.26 Å². The van der Waals surface area contributed by atoms with Gasteiger partial charge in [-0.1, -0.05) is 54.2 Å². The molecule has 1 aromatic carbocycles. The average Bonchev–Trinajstić information content (AvgIpc) is 4.12. The molecule has 78 heavy (non-hydrogen) atoms. The minimum absolute atomic E-state index is 0. The molecule has 410 valence electrons. The number of hydrogen-bond donors (Lipinski definition) is 0. The van der Waals surface area contributed by atoms with Gasteiger partial charge in [-0.25, -0.2) is 27.2 Å². The van der Waals surface area contributed by atoms with Crippen LogP contribution in [-0.4, -0.2) is 49.5 Å². The van der Waals surface area contributed by atoms with Crippen molar-refractivity contribution in [3.8, 4) is 40.2 Å². The predicted octanol–water partition coefficient (Wildman–Crippen LogP) is 13.5. The van der Waals surface area contributed by atoms with Crippen molar-refractivity contribution in [3.63, 3.8) is 0 Å². The van der Waals surface area contributed by atoms with Crippen molar-refractivity contribution in [1.82, 2.24) is 49.5 Å². The van der Waals surface area contributed by atoms with Gasteiger partial charge in [-0.15, -0.1) is 12.1 Å². The molecule has 0 aliphatic rings. The summed E-state index contributed by atoms with van der Waals surface area (Å²) in [5, 5.41) is 15.2. The maximum atomic E-state index is 14.4. The van der Waals surface area contributed by atoms with Crippen molar-refractivity contribution in [3.05, 3.63) is 215 Å². The van der Waals surface area contributed by atoms with Gasteiger partial charge in [-0.2, -0.15) is 50.5 Å². The Bertz CT molecular complexity index is 3330. The van der Waals surface area contributed by atoms with E-state index in [-0.39, 0.29) is 66.6 Å². The monoisotopic (exact) mass is 1490 g/mol. The van der Waals surface area contributed by atoms with Crippen molar-refractivity contribution in [2.24, 2.45) is 0 Å². The van der Waals surface area contributed by atoms with E-state index < -0.39 is 86.5 Å². The molecular weight excluding hydrogens is 1460 g/mol. The van der Waals surface area contributed by atoms with Gasteiger partial charge in [-0.05, 0) is 100 Å². The van der Waals surface area contributed by atoms with Crippen LogP contribution < -0.4 is 0 Å². The normalized spacial score (nSPS) is 11.4. The zero-order valence-electron chi connectivity index (χ0n) is 40.0. The van der Waals surface area contributed by atoms with Crippen LogP contribution in [0.5, 0.6) is 0 Å². The fourth-order valence-corrected chi connectivity index (χ4v) is 6.77. The molecule has 11 nitrogen and oxygen atoms in total. The van der Waals surface area contributed by atoms with Gasteiger partial charge in [-0.3, -0.25) is 25.0 Å². The molecular formula is C51H33Cl2F12N11Pt2. The molecule has 0 saturated heterocycles. The molecule has 27 heteroatoms. The van der Waals surface area contributed by atoms with Gasteiger partial charge in [0.2, 0.25) is 11.9 Å². The second kappa shape index (κ2) is 26.2. The van der Waals surface area contributed by atoms with E-state index in [9.17, 15) is 52.7 Å².